The molecule has 0 bridgehead atoms. The first-order chi connectivity index (χ1) is 10.3. The normalized spacial score (nSPS) is 11.1. The van der Waals surface area contributed by atoms with Crippen LogP contribution in [0.2, 0.25) is 0 Å². The van der Waals surface area contributed by atoms with Crippen LogP contribution in [0.1, 0.15) is 5.69 Å². The highest BCUT2D eigenvalue weighted by Gasteiger charge is 2.33. The van der Waals surface area contributed by atoms with Gasteiger partial charge in [-0.2, -0.15) is 13.2 Å². The van der Waals surface area contributed by atoms with Gasteiger partial charge in [0, 0.05) is 13.1 Å². The Bertz CT molecular complexity index is 685. The molecule has 0 spiro atoms. The fraction of sp³-hybridized carbons (Fsp3) is 0.273. The van der Waals surface area contributed by atoms with Crippen LogP contribution in [0.4, 0.5) is 29.5 Å². The number of anilines is 2. The number of methoxy groups -OCH3 is 1. The van der Waals surface area contributed by atoms with E-state index >= 15 is 0 Å². The zero-order valence-electron chi connectivity index (χ0n) is 11.5. The van der Waals surface area contributed by atoms with E-state index < -0.39 is 17.9 Å². The molecule has 2 heterocycles. The molecule has 0 saturated heterocycles. The van der Waals surface area contributed by atoms with Crippen molar-refractivity contribution >= 4 is 17.5 Å². The zero-order valence-corrected chi connectivity index (χ0v) is 11.5. The SMILES string of the molecule is COc1cc(C(F)(F)F)ncc1NC(=O)Nc1cn(C)nn1. The fourth-order valence-electron chi connectivity index (χ4n) is 1.53. The van der Waals surface area contributed by atoms with Crippen LogP contribution in [0.25, 0.3) is 0 Å². The molecule has 11 heteroatoms. The van der Waals surface area contributed by atoms with Gasteiger partial charge in [0.1, 0.15) is 17.1 Å². The molecule has 8 nitrogen and oxygen atoms in total. The maximum absolute atomic E-state index is 12.6. The summed E-state index contributed by atoms with van der Waals surface area (Å²) in [6, 6.07) is -0.0295. The number of urea groups is 1. The number of amides is 2. The molecule has 0 aliphatic heterocycles. The lowest BCUT2D eigenvalue weighted by molar-refractivity contribution is -0.141. The number of alkyl halides is 3. The highest BCUT2D eigenvalue weighted by atomic mass is 19.4. The Balaban J connectivity index is 2.13. The third-order valence-corrected chi connectivity index (χ3v) is 2.47. The minimum atomic E-state index is -4.60. The molecule has 0 atom stereocenters. The summed E-state index contributed by atoms with van der Waals surface area (Å²) in [5, 5.41) is 11.9. The molecule has 0 aliphatic rings. The lowest BCUT2D eigenvalue weighted by Gasteiger charge is -2.12. The number of carbonyl (C=O) groups excluding carboxylic acids is 1. The second-order valence-electron chi connectivity index (χ2n) is 4.12. The molecule has 0 saturated carbocycles. The van der Waals surface area contributed by atoms with Gasteiger partial charge in [0.2, 0.25) is 0 Å². The van der Waals surface area contributed by atoms with E-state index in [9.17, 15) is 18.0 Å². The summed E-state index contributed by atoms with van der Waals surface area (Å²) < 4.78 is 43.9. The van der Waals surface area contributed by atoms with Gasteiger partial charge in [0.25, 0.3) is 0 Å². The predicted molar refractivity (Wildman–Crippen MR) is 69.4 cm³/mol. The minimum Gasteiger partial charge on any atom is -0.494 e. The topological polar surface area (TPSA) is 94.0 Å². The Kier molecular flexibility index (Phi) is 4.15. The number of carbonyl (C=O) groups is 1. The second-order valence-corrected chi connectivity index (χ2v) is 4.12. The third-order valence-electron chi connectivity index (χ3n) is 2.47. The van der Waals surface area contributed by atoms with Crippen LogP contribution in [-0.2, 0) is 13.2 Å². The molecule has 2 rings (SSSR count). The zero-order chi connectivity index (χ0) is 16.3. The van der Waals surface area contributed by atoms with Crippen LogP contribution in [0, 0.1) is 0 Å². The molecule has 0 aliphatic carbocycles. The van der Waals surface area contributed by atoms with E-state index in [1.54, 1.807) is 7.05 Å². The summed E-state index contributed by atoms with van der Waals surface area (Å²) in [6.07, 6.45) is -2.30. The average Bonchev–Trinajstić information content (AvgIpc) is 2.83. The second kappa shape index (κ2) is 5.87. The molecule has 0 radical (unpaired) electrons. The maximum atomic E-state index is 12.6. The summed E-state index contributed by atoms with van der Waals surface area (Å²) in [4.78, 5) is 15.0. The van der Waals surface area contributed by atoms with Crippen molar-refractivity contribution in [2.24, 2.45) is 7.05 Å². The molecule has 2 aromatic rings. The van der Waals surface area contributed by atoms with Gasteiger partial charge in [-0.05, 0) is 0 Å². The summed E-state index contributed by atoms with van der Waals surface area (Å²) in [6.45, 7) is 0. The van der Waals surface area contributed by atoms with Crippen LogP contribution in [0.15, 0.2) is 18.5 Å². The van der Waals surface area contributed by atoms with Crippen molar-refractivity contribution in [2.75, 3.05) is 17.7 Å². The minimum absolute atomic E-state index is 0.0168. The van der Waals surface area contributed by atoms with Crippen molar-refractivity contribution in [2.45, 2.75) is 6.18 Å². The van der Waals surface area contributed by atoms with Crippen LogP contribution in [0.3, 0.4) is 0 Å². The molecule has 2 amide bonds. The van der Waals surface area contributed by atoms with Gasteiger partial charge >= 0.3 is 12.2 Å². The number of aryl methyl sites for hydroxylation is 1. The number of hydrogen-bond acceptors (Lipinski definition) is 5. The molecule has 0 aromatic carbocycles. The number of pyridine rings is 1. The lowest BCUT2D eigenvalue weighted by Crippen LogP contribution is -2.20. The van der Waals surface area contributed by atoms with E-state index in [-0.39, 0.29) is 17.3 Å². The fourth-order valence-corrected chi connectivity index (χ4v) is 1.53. The van der Waals surface area contributed by atoms with Crippen LogP contribution in [-0.4, -0.2) is 33.1 Å². The van der Waals surface area contributed by atoms with Crippen molar-refractivity contribution in [3.05, 3.63) is 24.2 Å². The van der Waals surface area contributed by atoms with Gasteiger partial charge in [-0.3, -0.25) is 10.00 Å². The van der Waals surface area contributed by atoms with Crippen molar-refractivity contribution in [3.63, 3.8) is 0 Å². The summed E-state index contributed by atoms with van der Waals surface area (Å²) in [5.41, 5.74) is -1.14. The number of ether oxygens (including phenoxy) is 1. The number of aromatic nitrogens is 4. The van der Waals surface area contributed by atoms with Crippen LogP contribution >= 0.6 is 0 Å². The molecular formula is C11H11F3N6O2. The first kappa shape index (κ1) is 15.5. The Hall–Kier alpha value is -2.85. The summed E-state index contributed by atoms with van der Waals surface area (Å²) in [5.74, 6) is 0.00968. The molecule has 22 heavy (non-hydrogen) atoms. The highest BCUT2D eigenvalue weighted by molar-refractivity contribution is 5.99. The lowest BCUT2D eigenvalue weighted by atomic mass is 10.3. The predicted octanol–water partition coefficient (Wildman–Crippen LogP) is 1.88. The quantitative estimate of drug-likeness (QED) is 0.901. The van der Waals surface area contributed by atoms with E-state index in [1.807, 2.05) is 0 Å². The third kappa shape index (κ3) is 3.62. The average molecular weight is 316 g/mol. The first-order valence-electron chi connectivity index (χ1n) is 5.85. The number of halogens is 3. The summed E-state index contributed by atoms with van der Waals surface area (Å²) in [7, 11) is 2.79. The van der Waals surface area contributed by atoms with E-state index in [4.69, 9.17) is 4.74 Å². The molecular weight excluding hydrogens is 305 g/mol. The Labute approximate surface area is 122 Å². The number of nitrogens with one attached hydrogen (secondary N) is 2. The molecule has 0 unspecified atom stereocenters. The molecule has 118 valence electrons. The smallest absolute Gasteiger partial charge is 0.433 e. The van der Waals surface area contributed by atoms with Crippen molar-refractivity contribution in [1.29, 1.82) is 0 Å². The highest BCUT2D eigenvalue weighted by Crippen LogP contribution is 2.33. The Morgan fingerprint density at radius 1 is 1.36 bits per heavy atom. The van der Waals surface area contributed by atoms with Gasteiger partial charge in [-0.15, -0.1) is 5.10 Å². The Morgan fingerprint density at radius 3 is 2.64 bits per heavy atom. The van der Waals surface area contributed by atoms with Gasteiger partial charge < -0.3 is 10.1 Å². The van der Waals surface area contributed by atoms with Gasteiger partial charge in [0.15, 0.2) is 5.82 Å². The van der Waals surface area contributed by atoms with Gasteiger partial charge in [-0.25, -0.2) is 9.78 Å². The monoisotopic (exact) mass is 316 g/mol. The molecule has 2 aromatic heterocycles. The van der Waals surface area contributed by atoms with Crippen molar-refractivity contribution < 1.29 is 22.7 Å². The standard InChI is InChI=1S/C11H11F3N6O2/c1-20-5-9(18-19-20)17-10(21)16-6-4-15-8(11(12,13)14)3-7(6)22-2/h3-5H,1-2H3,(H2,16,17,21). The largest absolute Gasteiger partial charge is 0.494 e. The first-order valence-corrected chi connectivity index (χ1v) is 5.85. The van der Waals surface area contributed by atoms with E-state index in [1.165, 1.54) is 18.0 Å². The van der Waals surface area contributed by atoms with Crippen LogP contribution < -0.4 is 15.4 Å². The van der Waals surface area contributed by atoms with Crippen molar-refractivity contribution in [3.8, 4) is 5.75 Å². The summed E-state index contributed by atoms with van der Waals surface area (Å²) >= 11 is 0. The Morgan fingerprint density at radius 2 is 2.09 bits per heavy atom. The van der Waals surface area contributed by atoms with E-state index in [0.29, 0.717) is 6.07 Å². The van der Waals surface area contributed by atoms with Crippen LogP contribution in [0.5, 0.6) is 5.75 Å². The maximum Gasteiger partial charge on any atom is 0.433 e. The molecule has 2 N–H and O–H groups in total. The van der Waals surface area contributed by atoms with Gasteiger partial charge in [-0.1, -0.05) is 5.21 Å². The molecule has 0 fully saturated rings. The number of hydrogen-bond donors (Lipinski definition) is 2. The van der Waals surface area contributed by atoms with Gasteiger partial charge in [0.05, 0.1) is 19.5 Å². The van der Waals surface area contributed by atoms with E-state index in [0.717, 1.165) is 6.20 Å². The number of rotatable bonds is 3. The van der Waals surface area contributed by atoms with Crippen molar-refractivity contribution in [1.82, 2.24) is 20.0 Å². The number of nitrogens with zero attached hydrogens (tertiary/aromatic N) is 4. The van der Waals surface area contributed by atoms with E-state index in [2.05, 4.69) is 25.9 Å².